The first-order valence-corrected chi connectivity index (χ1v) is 11.3. The van der Waals surface area contributed by atoms with Crippen molar-refractivity contribution in [2.45, 2.75) is 32.9 Å². The topological polar surface area (TPSA) is 146 Å². The van der Waals surface area contributed by atoms with Crippen LogP contribution >= 0.6 is 11.8 Å². The smallest absolute Gasteiger partial charge is 0.278 e. The zero-order valence-corrected chi connectivity index (χ0v) is 19.9. The largest absolute Gasteiger partial charge is 0.326 e. The van der Waals surface area contributed by atoms with Crippen molar-refractivity contribution in [2.24, 2.45) is 0 Å². The van der Waals surface area contributed by atoms with Crippen LogP contribution in [0.25, 0.3) is 11.3 Å². The molecular weight excluding hydrogens is 456 g/mol. The van der Waals surface area contributed by atoms with E-state index < -0.39 is 5.56 Å². The molecule has 0 fully saturated rings. The van der Waals surface area contributed by atoms with Gasteiger partial charge in [-0.3, -0.25) is 24.2 Å². The zero-order chi connectivity index (χ0) is 24.8. The van der Waals surface area contributed by atoms with E-state index in [1.165, 1.54) is 13.8 Å². The number of aryl methyl sites for hydroxylation is 2. The minimum Gasteiger partial charge on any atom is -0.326 e. The van der Waals surface area contributed by atoms with E-state index in [4.69, 9.17) is 0 Å². The summed E-state index contributed by atoms with van der Waals surface area (Å²) < 4.78 is 0. The maximum Gasteiger partial charge on any atom is 0.278 e. The molecule has 4 N–H and O–H groups in total. The Balaban J connectivity index is 1.69. The van der Waals surface area contributed by atoms with Crippen molar-refractivity contribution in [3.63, 3.8) is 0 Å². The molecule has 0 saturated carbocycles. The van der Waals surface area contributed by atoms with E-state index >= 15 is 0 Å². The van der Waals surface area contributed by atoms with E-state index in [-0.39, 0.29) is 34.3 Å². The monoisotopic (exact) mass is 480 g/mol. The highest BCUT2D eigenvalue weighted by Crippen LogP contribution is 2.29. The number of rotatable bonds is 7. The maximum absolute atomic E-state index is 12.7. The molecule has 11 heteroatoms. The molecule has 0 saturated heterocycles. The standard InChI is InChI=1S/C23H24N6O4S/c1-12-9-13(2)20(25-15(4)31)18(10-12)21-22(33)27-23(29-28-21)34-11-19(32)26-17-7-5-16(6-8-17)24-14(3)30/h5-10H,11H2,1-4H3,(H,24,30)(H,25,31)(H,26,32)(H,27,29,33). The molecule has 2 aromatic carbocycles. The van der Waals surface area contributed by atoms with E-state index in [2.05, 4.69) is 31.1 Å². The Morgan fingerprint density at radius 3 is 2.12 bits per heavy atom. The van der Waals surface area contributed by atoms with E-state index in [1.807, 2.05) is 19.9 Å². The van der Waals surface area contributed by atoms with Crippen LogP contribution in [-0.4, -0.2) is 38.7 Å². The Kier molecular flexibility index (Phi) is 7.79. The molecular formula is C23H24N6O4S. The lowest BCUT2D eigenvalue weighted by Gasteiger charge is -2.13. The molecule has 1 heterocycles. The van der Waals surface area contributed by atoms with Crippen molar-refractivity contribution in [1.29, 1.82) is 0 Å². The summed E-state index contributed by atoms with van der Waals surface area (Å²) in [5.41, 5.74) is 3.45. The highest BCUT2D eigenvalue weighted by Gasteiger charge is 2.16. The Hall–Kier alpha value is -3.99. The molecule has 10 nitrogen and oxygen atoms in total. The molecule has 3 aromatic rings. The quantitative estimate of drug-likeness (QED) is 0.380. The normalized spacial score (nSPS) is 10.5. The van der Waals surface area contributed by atoms with Gasteiger partial charge >= 0.3 is 0 Å². The third kappa shape index (κ3) is 6.51. The molecule has 3 rings (SSSR count). The SMILES string of the molecule is CC(=O)Nc1ccc(NC(=O)CSc2nnc(-c3cc(C)cc(C)c3NC(C)=O)c(=O)[nH]2)cc1. The Morgan fingerprint density at radius 1 is 0.912 bits per heavy atom. The lowest BCUT2D eigenvalue weighted by molar-refractivity contribution is -0.115. The van der Waals surface area contributed by atoms with Gasteiger partial charge in [0.25, 0.3) is 5.56 Å². The van der Waals surface area contributed by atoms with Gasteiger partial charge in [-0.1, -0.05) is 23.4 Å². The summed E-state index contributed by atoms with van der Waals surface area (Å²) in [7, 11) is 0. The van der Waals surface area contributed by atoms with Crippen LogP contribution in [0.15, 0.2) is 46.3 Å². The number of anilines is 3. The Morgan fingerprint density at radius 2 is 1.53 bits per heavy atom. The summed E-state index contributed by atoms with van der Waals surface area (Å²) >= 11 is 1.03. The van der Waals surface area contributed by atoms with Crippen LogP contribution in [0.1, 0.15) is 25.0 Å². The number of thioether (sulfide) groups is 1. The number of aromatic amines is 1. The number of carbonyl (C=O) groups excluding carboxylic acids is 3. The van der Waals surface area contributed by atoms with Gasteiger partial charge in [0.15, 0.2) is 10.9 Å². The number of aromatic nitrogens is 3. The van der Waals surface area contributed by atoms with Crippen LogP contribution in [0.3, 0.4) is 0 Å². The van der Waals surface area contributed by atoms with Gasteiger partial charge in [0.1, 0.15) is 0 Å². The van der Waals surface area contributed by atoms with Gasteiger partial charge in [0, 0.05) is 30.8 Å². The fourth-order valence-electron chi connectivity index (χ4n) is 3.23. The molecule has 0 radical (unpaired) electrons. The summed E-state index contributed by atoms with van der Waals surface area (Å²) in [6, 6.07) is 10.3. The average molecular weight is 481 g/mol. The fourth-order valence-corrected chi connectivity index (χ4v) is 3.83. The molecule has 0 bridgehead atoms. The zero-order valence-electron chi connectivity index (χ0n) is 19.1. The molecule has 3 amide bonds. The summed E-state index contributed by atoms with van der Waals surface area (Å²) in [4.78, 5) is 50.3. The van der Waals surface area contributed by atoms with Gasteiger partial charge in [-0.2, -0.15) is 0 Å². The molecule has 0 unspecified atom stereocenters. The first-order chi connectivity index (χ1) is 16.1. The van der Waals surface area contributed by atoms with Crippen molar-refractivity contribution in [3.05, 3.63) is 57.9 Å². The van der Waals surface area contributed by atoms with Crippen LogP contribution in [-0.2, 0) is 14.4 Å². The van der Waals surface area contributed by atoms with Gasteiger partial charge in [-0.05, 0) is 49.7 Å². The minimum absolute atomic E-state index is 0.00188. The van der Waals surface area contributed by atoms with Gasteiger partial charge in [-0.15, -0.1) is 10.2 Å². The van der Waals surface area contributed by atoms with E-state index in [0.29, 0.717) is 22.6 Å². The van der Waals surface area contributed by atoms with Crippen LogP contribution < -0.4 is 21.5 Å². The third-order valence-corrected chi connectivity index (χ3v) is 5.41. The van der Waals surface area contributed by atoms with E-state index in [9.17, 15) is 19.2 Å². The molecule has 1 aromatic heterocycles. The molecule has 0 atom stereocenters. The predicted octanol–water partition coefficient (Wildman–Crippen LogP) is 3.10. The number of nitrogens with zero attached hydrogens (tertiary/aromatic N) is 2. The number of H-pyrrole nitrogens is 1. The Bertz CT molecular complexity index is 1300. The summed E-state index contributed by atoms with van der Waals surface area (Å²) in [5, 5.41) is 16.4. The molecule has 0 aliphatic rings. The average Bonchev–Trinajstić information content (AvgIpc) is 2.75. The number of benzene rings is 2. The van der Waals surface area contributed by atoms with Crippen LogP contribution in [0.4, 0.5) is 17.1 Å². The number of carbonyl (C=O) groups is 3. The predicted molar refractivity (Wildman–Crippen MR) is 132 cm³/mol. The molecule has 34 heavy (non-hydrogen) atoms. The summed E-state index contributed by atoms with van der Waals surface area (Å²) in [6.45, 7) is 6.52. The second kappa shape index (κ2) is 10.8. The second-order valence-corrected chi connectivity index (χ2v) is 8.55. The lowest BCUT2D eigenvalue weighted by atomic mass is 10.0. The van der Waals surface area contributed by atoms with Gasteiger partial charge < -0.3 is 16.0 Å². The van der Waals surface area contributed by atoms with Crippen molar-refractivity contribution in [3.8, 4) is 11.3 Å². The van der Waals surface area contributed by atoms with Crippen molar-refractivity contribution in [1.82, 2.24) is 15.2 Å². The van der Waals surface area contributed by atoms with Crippen LogP contribution in [0.2, 0.25) is 0 Å². The molecule has 176 valence electrons. The van der Waals surface area contributed by atoms with Gasteiger partial charge in [0.2, 0.25) is 17.7 Å². The summed E-state index contributed by atoms with van der Waals surface area (Å²) in [5.74, 6) is -0.747. The molecule has 0 aliphatic carbocycles. The van der Waals surface area contributed by atoms with Gasteiger partial charge in [-0.25, -0.2) is 0 Å². The number of hydrogen-bond donors (Lipinski definition) is 4. The summed E-state index contributed by atoms with van der Waals surface area (Å²) in [6.07, 6.45) is 0. The second-order valence-electron chi connectivity index (χ2n) is 7.59. The minimum atomic E-state index is -0.483. The van der Waals surface area contributed by atoms with Crippen molar-refractivity contribution >= 4 is 46.5 Å². The Labute approximate surface area is 200 Å². The van der Waals surface area contributed by atoms with Crippen LogP contribution in [0, 0.1) is 13.8 Å². The molecule has 0 spiro atoms. The van der Waals surface area contributed by atoms with E-state index in [1.54, 1.807) is 30.3 Å². The highest BCUT2D eigenvalue weighted by molar-refractivity contribution is 7.99. The van der Waals surface area contributed by atoms with Gasteiger partial charge in [0.05, 0.1) is 11.4 Å². The number of amides is 3. The first-order valence-electron chi connectivity index (χ1n) is 10.3. The maximum atomic E-state index is 12.7. The van der Waals surface area contributed by atoms with Crippen LogP contribution in [0.5, 0.6) is 0 Å². The number of hydrogen-bond acceptors (Lipinski definition) is 7. The molecule has 0 aliphatic heterocycles. The fraction of sp³-hybridized carbons (Fsp3) is 0.217. The first kappa shape index (κ1) is 24.6. The number of nitrogens with one attached hydrogen (secondary N) is 4. The highest BCUT2D eigenvalue weighted by atomic mass is 32.2. The van der Waals surface area contributed by atoms with Crippen molar-refractivity contribution in [2.75, 3.05) is 21.7 Å². The third-order valence-electron chi connectivity index (χ3n) is 4.54. The van der Waals surface area contributed by atoms with Crippen molar-refractivity contribution < 1.29 is 14.4 Å². The van der Waals surface area contributed by atoms with E-state index in [0.717, 1.165) is 22.9 Å². The lowest BCUT2D eigenvalue weighted by Crippen LogP contribution is -2.18.